The molecule has 0 radical (unpaired) electrons. The van der Waals surface area contributed by atoms with E-state index >= 15 is 0 Å². The predicted molar refractivity (Wildman–Crippen MR) is 114 cm³/mol. The first kappa shape index (κ1) is 22.2. The van der Waals surface area contributed by atoms with E-state index in [0.29, 0.717) is 11.1 Å². The molecule has 0 unspecified atom stereocenters. The van der Waals surface area contributed by atoms with Gasteiger partial charge in [-0.2, -0.15) is 0 Å². The van der Waals surface area contributed by atoms with Crippen molar-refractivity contribution in [2.24, 2.45) is 0 Å². The van der Waals surface area contributed by atoms with Gasteiger partial charge >= 0.3 is 0 Å². The van der Waals surface area contributed by atoms with Gasteiger partial charge in [-0.3, -0.25) is 19.3 Å². The summed E-state index contributed by atoms with van der Waals surface area (Å²) < 4.78 is 31.5. The van der Waals surface area contributed by atoms with Gasteiger partial charge in [0.25, 0.3) is 11.1 Å². The fraction of sp³-hybridized carbons (Fsp3) is 0.136. The normalized spacial score (nSPS) is 15.2. The van der Waals surface area contributed by atoms with Crippen molar-refractivity contribution in [3.8, 4) is 5.75 Å². The van der Waals surface area contributed by atoms with Crippen molar-refractivity contribution in [3.63, 3.8) is 0 Å². The van der Waals surface area contributed by atoms with Gasteiger partial charge in [0.05, 0.1) is 12.0 Å². The SMILES string of the molecule is COc1ccc(/C=C/C(=O)NCCN2C(=O)S/C(=C\c3ccc(F)cc3)C2=O)cc1F. The van der Waals surface area contributed by atoms with E-state index in [9.17, 15) is 23.2 Å². The maximum atomic E-state index is 13.7. The van der Waals surface area contributed by atoms with Crippen LogP contribution in [0.5, 0.6) is 5.75 Å². The lowest BCUT2D eigenvalue weighted by Crippen LogP contribution is -2.36. The highest BCUT2D eigenvalue weighted by atomic mass is 32.2. The van der Waals surface area contributed by atoms with Crippen LogP contribution in [0.4, 0.5) is 13.6 Å². The largest absolute Gasteiger partial charge is 0.494 e. The van der Waals surface area contributed by atoms with Crippen molar-refractivity contribution in [1.82, 2.24) is 10.2 Å². The van der Waals surface area contributed by atoms with Crippen molar-refractivity contribution in [2.45, 2.75) is 0 Å². The predicted octanol–water partition coefficient (Wildman–Crippen LogP) is 3.84. The summed E-state index contributed by atoms with van der Waals surface area (Å²) in [7, 11) is 1.36. The Hall–Kier alpha value is -3.46. The Morgan fingerprint density at radius 2 is 1.84 bits per heavy atom. The van der Waals surface area contributed by atoms with Crippen LogP contribution in [0.25, 0.3) is 12.2 Å². The molecule has 1 heterocycles. The molecule has 0 bridgehead atoms. The van der Waals surface area contributed by atoms with Crippen LogP contribution in [0.15, 0.2) is 53.4 Å². The minimum absolute atomic E-state index is 0.00215. The molecule has 31 heavy (non-hydrogen) atoms. The number of hydrogen-bond donors (Lipinski definition) is 1. The molecule has 2 aromatic carbocycles. The Morgan fingerprint density at radius 1 is 1.13 bits per heavy atom. The van der Waals surface area contributed by atoms with Gasteiger partial charge in [0.1, 0.15) is 5.82 Å². The van der Waals surface area contributed by atoms with E-state index in [4.69, 9.17) is 4.74 Å². The molecular weight excluding hydrogens is 426 g/mol. The molecule has 0 aliphatic carbocycles. The number of benzene rings is 2. The minimum atomic E-state index is -0.543. The van der Waals surface area contributed by atoms with Gasteiger partial charge in [0.15, 0.2) is 11.6 Å². The zero-order valence-electron chi connectivity index (χ0n) is 16.4. The Bertz CT molecular complexity index is 1070. The fourth-order valence-electron chi connectivity index (χ4n) is 2.71. The zero-order chi connectivity index (χ0) is 22.4. The fourth-order valence-corrected chi connectivity index (χ4v) is 3.58. The van der Waals surface area contributed by atoms with Crippen LogP contribution in [0.3, 0.4) is 0 Å². The number of carbonyl (C=O) groups excluding carboxylic acids is 3. The molecule has 1 fully saturated rings. The van der Waals surface area contributed by atoms with Crippen LogP contribution in [0.1, 0.15) is 11.1 Å². The standard InChI is InChI=1S/C22H18F2N2O4S/c1-30-18-8-4-14(12-17(18)24)5-9-20(27)25-10-11-26-21(28)19(31-22(26)29)13-15-2-6-16(23)7-3-15/h2-9,12-13H,10-11H2,1H3,(H,25,27)/b9-5+,19-13-. The van der Waals surface area contributed by atoms with E-state index in [1.54, 1.807) is 6.07 Å². The third kappa shape index (κ3) is 5.79. The molecule has 3 amide bonds. The van der Waals surface area contributed by atoms with Crippen molar-refractivity contribution < 1.29 is 27.9 Å². The molecule has 0 saturated carbocycles. The molecule has 0 spiro atoms. The van der Waals surface area contributed by atoms with E-state index in [2.05, 4.69) is 5.32 Å². The lowest BCUT2D eigenvalue weighted by Gasteiger charge is -2.12. The molecule has 0 atom stereocenters. The molecule has 1 N–H and O–H groups in total. The maximum Gasteiger partial charge on any atom is 0.293 e. The number of nitrogens with zero attached hydrogens (tertiary/aromatic N) is 1. The summed E-state index contributed by atoms with van der Waals surface area (Å²) in [5, 5.41) is 2.12. The van der Waals surface area contributed by atoms with E-state index in [1.807, 2.05) is 0 Å². The van der Waals surface area contributed by atoms with Gasteiger partial charge in [-0.15, -0.1) is 0 Å². The molecule has 6 nitrogen and oxygen atoms in total. The molecule has 3 rings (SSSR count). The van der Waals surface area contributed by atoms with Crippen molar-refractivity contribution in [3.05, 3.63) is 76.2 Å². The zero-order valence-corrected chi connectivity index (χ0v) is 17.2. The Balaban J connectivity index is 1.52. The molecular formula is C22H18F2N2O4S. The average molecular weight is 444 g/mol. The number of nitrogens with one attached hydrogen (secondary N) is 1. The summed E-state index contributed by atoms with van der Waals surface area (Å²) in [5.41, 5.74) is 1.07. The smallest absolute Gasteiger partial charge is 0.293 e. The number of imide groups is 1. The highest BCUT2D eigenvalue weighted by Crippen LogP contribution is 2.31. The van der Waals surface area contributed by atoms with Gasteiger partial charge in [0.2, 0.25) is 5.91 Å². The topological polar surface area (TPSA) is 75.7 Å². The van der Waals surface area contributed by atoms with Gasteiger partial charge in [-0.25, -0.2) is 8.78 Å². The van der Waals surface area contributed by atoms with Gasteiger partial charge in [-0.05, 0) is 59.3 Å². The number of rotatable bonds is 7. The minimum Gasteiger partial charge on any atom is -0.494 e. The first-order valence-electron chi connectivity index (χ1n) is 9.18. The van der Waals surface area contributed by atoms with Gasteiger partial charge < -0.3 is 10.1 Å². The summed E-state index contributed by atoms with van der Waals surface area (Å²) in [5.74, 6) is -1.76. The summed E-state index contributed by atoms with van der Waals surface area (Å²) in [6, 6.07) is 9.82. The highest BCUT2D eigenvalue weighted by Gasteiger charge is 2.34. The van der Waals surface area contributed by atoms with E-state index in [1.165, 1.54) is 61.7 Å². The molecule has 1 saturated heterocycles. The van der Waals surface area contributed by atoms with Crippen LogP contribution < -0.4 is 10.1 Å². The lowest BCUT2D eigenvalue weighted by atomic mass is 10.2. The number of thioether (sulfide) groups is 1. The molecule has 1 aliphatic rings. The lowest BCUT2D eigenvalue weighted by molar-refractivity contribution is -0.123. The number of halogens is 2. The van der Waals surface area contributed by atoms with Crippen LogP contribution in [-0.4, -0.2) is 42.2 Å². The number of methoxy groups -OCH3 is 1. The third-order valence-corrected chi connectivity index (χ3v) is 5.19. The van der Waals surface area contributed by atoms with Gasteiger partial charge in [-0.1, -0.05) is 18.2 Å². The van der Waals surface area contributed by atoms with Crippen LogP contribution in [0, 0.1) is 11.6 Å². The Labute approximate surface area is 181 Å². The monoisotopic (exact) mass is 444 g/mol. The van der Waals surface area contributed by atoms with Crippen molar-refractivity contribution in [1.29, 1.82) is 0 Å². The summed E-state index contributed by atoms with van der Waals surface area (Å²) in [6.45, 7) is 0.0597. The molecule has 9 heteroatoms. The van der Waals surface area contributed by atoms with Crippen LogP contribution >= 0.6 is 11.8 Å². The second-order valence-corrected chi connectivity index (χ2v) is 7.40. The van der Waals surface area contributed by atoms with Gasteiger partial charge in [0, 0.05) is 19.2 Å². The van der Waals surface area contributed by atoms with E-state index < -0.39 is 28.7 Å². The number of ether oxygens (including phenoxy) is 1. The maximum absolute atomic E-state index is 13.7. The second-order valence-electron chi connectivity index (χ2n) is 6.40. The first-order valence-corrected chi connectivity index (χ1v) is 9.99. The van der Waals surface area contributed by atoms with Crippen molar-refractivity contribution >= 4 is 41.0 Å². The average Bonchev–Trinajstić information content (AvgIpc) is 3.01. The highest BCUT2D eigenvalue weighted by molar-refractivity contribution is 8.18. The Morgan fingerprint density at radius 3 is 2.52 bits per heavy atom. The summed E-state index contributed by atoms with van der Waals surface area (Å²) in [4.78, 5) is 37.7. The number of hydrogen-bond acceptors (Lipinski definition) is 5. The number of carbonyl (C=O) groups is 3. The summed E-state index contributed by atoms with van der Waals surface area (Å²) >= 11 is 0.784. The first-order chi connectivity index (χ1) is 14.9. The summed E-state index contributed by atoms with van der Waals surface area (Å²) in [6.07, 6.45) is 4.17. The third-order valence-electron chi connectivity index (χ3n) is 4.28. The van der Waals surface area contributed by atoms with E-state index in [-0.39, 0.29) is 23.7 Å². The number of amides is 3. The van der Waals surface area contributed by atoms with Crippen molar-refractivity contribution in [2.75, 3.05) is 20.2 Å². The molecule has 0 aromatic heterocycles. The second kappa shape index (κ2) is 10.0. The molecule has 160 valence electrons. The molecule has 1 aliphatic heterocycles. The van der Waals surface area contributed by atoms with Crippen LogP contribution in [0.2, 0.25) is 0 Å². The van der Waals surface area contributed by atoms with Crippen LogP contribution in [-0.2, 0) is 9.59 Å². The quantitative estimate of drug-likeness (QED) is 0.657. The molecule has 2 aromatic rings. The van der Waals surface area contributed by atoms with E-state index in [0.717, 1.165) is 16.7 Å². The Kier molecular flexibility index (Phi) is 7.19.